The molecule has 0 unspecified atom stereocenters. The number of urea groups is 1. The second kappa shape index (κ2) is 7.80. The number of aromatic nitrogens is 2. The molecule has 2 fully saturated rings. The summed E-state index contributed by atoms with van der Waals surface area (Å²) in [5, 5.41) is 3.09. The fourth-order valence-corrected chi connectivity index (χ4v) is 4.22. The molecule has 2 aliphatic rings. The number of anilines is 1. The highest BCUT2D eigenvalue weighted by atomic mass is 16.2. The Morgan fingerprint density at radius 1 is 1.04 bits per heavy atom. The molecule has 1 atom stereocenters. The third-order valence-corrected chi connectivity index (χ3v) is 5.88. The molecule has 2 amide bonds. The van der Waals surface area contributed by atoms with Gasteiger partial charge in [0.05, 0.1) is 22.4 Å². The lowest BCUT2D eigenvalue weighted by molar-refractivity contribution is 0.136. The van der Waals surface area contributed by atoms with Crippen LogP contribution in [0.3, 0.4) is 0 Å². The van der Waals surface area contributed by atoms with Gasteiger partial charge < -0.3 is 15.1 Å². The van der Waals surface area contributed by atoms with Gasteiger partial charge >= 0.3 is 6.03 Å². The minimum atomic E-state index is 0.00930. The topological polar surface area (TPSA) is 61.4 Å². The lowest BCUT2D eigenvalue weighted by atomic mass is 10.0. The van der Waals surface area contributed by atoms with E-state index in [1.807, 2.05) is 36.9 Å². The van der Waals surface area contributed by atoms with Gasteiger partial charge in [-0.25, -0.2) is 14.8 Å². The zero-order valence-corrected chi connectivity index (χ0v) is 16.4. The molecule has 1 aromatic heterocycles. The Morgan fingerprint density at radius 3 is 2.52 bits per heavy atom. The monoisotopic (exact) mass is 367 g/mol. The van der Waals surface area contributed by atoms with Gasteiger partial charge in [-0.2, -0.15) is 0 Å². The number of likely N-dealkylation sites (tertiary alicyclic amines) is 2. The fourth-order valence-electron chi connectivity index (χ4n) is 4.22. The SMILES string of the molecule is Cc1nc2ccc(NC(=O)N3CCCC[C@H]3CN3CCCC3)cc2nc1C. The molecule has 2 saturated heterocycles. The van der Waals surface area contributed by atoms with Gasteiger partial charge in [0.15, 0.2) is 0 Å². The van der Waals surface area contributed by atoms with E-state index in [4.69, 9.17) is 0 Å². The highest BCUT2D eigenvalue weighted by Crippen LogP contribution is 2.22. The Morgan fingerprint density at radius 2 is 1.74 bits per heavy atom. The highest BCUT2D eigenvalue weighted by molar-refractivity contribution is 5.92. The normalized spacial score (nSPS) is 21.0. The molecule has 6 heteroatoms. The zero-order valence-electron chi connectivity index (χ0n) is 16.4. The standard InChI is InChI=1S/C21H29N5O/c1-15-16(2)23-20-13-17(8-9-19(20)22-15)24-21(27)26-12-4-3-7-18(26)14-25-10-5-6-11-25/h8-9,13,18H,3-7,10-12,14H2,1-2H3,(H,24,27)/t18-/m0/s1. The first-order chi connectivity index (χ1) is 13.1. The molecule has 4 rings (SSSR count). The van der Waals surface area contributed by atoms with E-state index in [1.54, 1.807) is 0 Å². The van der Waals surface area contributed by atoms with E-state index in [9.17, 15) is 4.79 Å². The summed E-state index contributed by atoms with van der Waals surface area (Å²) in [6.45, 7) is 8.13. The average Bonchev–Trinajstić information content (AvgIpc) is 3.16. The van der Waals surface area contributed by atoms with Gasteiger partial charge in [-0.1, -0.05) is 0 Å². The average molecular weight is 367 g/mol. The lowest BCUT2D eigenvalue weighted by Crippen LogP contribution is -2.50. The van der Waals surface area contributed by atoms with Crippen LogP contribution in [0.5, 0.6) is 0 Å². The van der Waals surface area contributed by atoms with Crippen molar-refractivity contribution in [2.24, 2.45) is 0 Å². The second-order valence-corrected chi connectivity index (χ2v) is 7.88. The summed E-state index contributed by atoms with van der Waals surface area (Å²) in [7, 11) is 0. The number of hydrogen-bond acceptors (Lipinski definition) is 4. The van der Waals surface area contributed by atoms with Crippen LogP contribution in [-0.4, -0.2) is 58.0 Å². The molecule has 2 aromatic rings. The molecule has 2 aliphatic heterocycles. The number of nitrogens with zero attached hydrogens (tertiary/aromatic N) is 4. The molecule has 0 radical (unpaired) electrons. The molecule has 1 aromatic carbocycles. The molecule has 6 nitrogen and oxygen atoms in total. The van der Waals surface area contributed by atoms with Crippen LogP contribution in [0.2, 0.25) is 0 Å². The number of piperidine rings is 1. The summed E-state index contributed by atoms with van der Waals surface area (Å²) < 4.78 is 0. The van der Waals surface area contributed by atoms with Crippen LogP contribution in [0.4, 0.5) is 10.5 Å². The van der Waals surface area contributed by atoms with Crippen LogP contribution in [0, 0.1) is 13.8 Å². The Bertz CT molecular complexity index is 831. The summed E-state index contributed by atoms with van der Waals surface area (Å²) >= 11 is 0. The van der Waals surface area contributed by atoms with Gasteiger partial charge in [0, 0.05) is 24.8 Å². The number of fused-ring (bicyclic) bond motifs is 1. The van der Waals surface area contributed by atoms with E-state index in [-0.39, 0.29) is 6.03 Å². The molecule has 27 heavy (non-hydrogen) atoms. The van der Waals surface area contributed by atoms with Crippen LogP contribution in [0.25, 0.3) is 11.0 Å². The first kappa shape index (κ1) is 18.2. The number of rotatable bonds is 3. The number of carbonyl (C=O) groups is 1. The van der Waals surface area contributed by atoms with Crippen molar-refractivity contribution in [1.29, 1.82) is 0 Å². The van der Waals surface area contributed by atoms with Crippen molar-refractivity contribution < 1.29 is 4.79 Å². The Kier molecular flexibility index (Phi) is 5.25. The Hall–Kier alpha value is -2.21. The summed E-state index contributed by atoms with van der Waals surface area (Å²) in [5.41, 5.74) is 4.34. The first-order valence-corrected chi connectivity index (χ1v) is 10.1. The first-order valence-electron chi connectivity index (χ1n) is 10.1. The van der Waals surface area contributed by atoms with Crippen molar-refractivity contribution in [1.82, 2.24) is 19.8 Å². The van der Waals surface area contributed by atoms with Crippen LogP contribution in [0.15, 0.2) is 18.2 Å². The molecule has 0 spiro atoms. The van der Waals surface area contributed by atoms with Crippen molar-refractivity contribution in [2.45, 2.75) is 52.0 Å². The van der Waals surface area contributed by atoms with Crippen molar-refractivity contribution in [3.05, 3.63) is 29.6 Å². The summed E-state index contributed by atoms with van der Waals surface area (Å²) in [5.74, 6) is 0. The number of hydrogen-bond donors (Lipinski definition) is 1. The summed E-state index contributed by atoms with van der Waals surface area (Å²) in [6, 6.07) is 6.11. The van der Waals surface area contributed by atoms with Gasteiger partial charge in [0.25, 0.3) is 0 Å². The molecule has 0 aliphatic carbocycles. The second-order valence-electron chi connectivity index (χ2n) is 7.88. The minimum Gasteiger partial charge on any atom is -0.320 e. The lowest BCUT2D eigenvalue weighted by Gasteiger charge is -2.37. The predicted molar refractivity (Wildman–Crippen MR) is 108 cm³/mol. The number of aryl methyl sites for hydroxylation is 2. The molecule has 1 N–H and O–H groups in total. The van der Waals surface area contributed by atoms with Gasteiger partial charge in [0.2, 0.25) is 0 Å². The van der Waals surface area contributed by atoms with Crippen molar-refractivity contribution in [2.75, 3.05) is 31.5 Å². The highest BCUT2D eigenvalue weighted by Gasteiger charge is 2.29. The number of carbonyl (C=O) groups excluding carboxylic acids is 1. The van der Waals surface area contributed by atoms with E-state index in [1.165, 1.54) is 32.4 Å². The van der Waals surface area contributed by atoms with E-state index < -0.39 is 0 Å². The fraction of sp³-hybridized carbons (Fsp3) is 0.571. The van der Waals surface area contributed by atoms with E-state index in [0.717, 1.165) is 54.0 Å². The maximum absolute atomic E-state index is 13.0. The number of nitrogens with one attached hydrogen (secondary N) is 1. The van der Waals surface area contributed by atoms with Gasteiger partial charge in [-0.3, -0.25) is 0 Å². The summed E-state index contributed by atoms with van der Waals surface area (Å²) in [4.78, 5) is 26.7. The quantitative estimate of drug-likeness (QED) is 0.898. The molecular formula is C21H29N5O. The molecule has 0 saturated carbocycles. The van der Waals surface area contributed by atoms with E-state index >= 15 is 0 Å². The van der Waals surface area contributed by atoms with Crippen LogP contribution in [-0.2, 0) is 0 Å². The maximum atomic E-state index is 13.0. The third kappa shape index (κ3) is 4.05. The maximum Gasteiger partial charge on any atom is 0.322 e. The van der Waals surface area contributed by atoms with Gasteiger partial charge in [-0.05, 0) is 77.2 Å². The predicted octanol–water partition coefficient (Wildman–Crippen LogP) is 3.73. The van der Waals surface area contributed by atoms with Gasteiger partial charge in [0.1, 0.15) is 0 Å². The Labute approximate surface area is 161 Å². The minimum absolute atomic E-state index is 0.00930. The van der Waals surface area contributed by atoms with Crippen LogP contribution < -0.4 is 5.32 Å². The van der Waals surface area contributed by atoms with Crippen molar-refractivity contribution in [3.8, 4) is 0 Å². The van der Waals surface area contributed by atoms with Crippen molar-refractivity contribution in [3.63, 3.8) is 0 Å². The van der Waals surface area contributed by atoms with E-state index in [0.29, 0.717) is 6.04 Å². The molecule has 144 valence electrons. The van der Waals surface area contributed by atoms with Gasteiger partial charge in [-0.15, -0.1) is 0 Å². The number of benzene rings is 1. The largest absolute Gasteiger partial charge is 0.322 e. The van der Waals surface area contributed by atoms with Crippen molar-refractivity contribution >= 4 is 22.8 Å². The Balaban J connectivity index is 1.48. The van der Waals surface area contributed by atoms with Crippen LogP contribution in [0.1, 0.15) is 43.5 Å². The molecule has 3 heterocycles. The molecular weight excluding hydrogens is 338 g/mol. The van der Waals surface area contributed by atoms with E-state index in [2.05, 4.69) is 20.2 Å². The smallest absolute Gasteiger partial charge is 0.320 e. The molecule has 0 bridgehead atoms. The summed E-state index contributed by atoms with van der Waals surface area (Å²) in [6.07, 6.45) is 5.98. The third-order valence-electron chi connectivity index (χ3n) is 5.88. The van der Waals surface area contributed by atoms with Crippen LogP contribution >= 0.6 is 0 Å². The zero-order chi connectivity index (χ0) is 18.8. The number of amides is 2.